The molecule has 1 amide bonds. The number of carbonyl (C=O) groups excluding carboxylic acids is 1. The molecule has 1 atom stereocenters. The van der Waals surface area contributed by atoms with Crippen LogP contribution in [0.3, 0.4) is 0 Å². The highest BCUT2D eigenvalue weighted by Gasteiger charge is 2.09. The number of aryl methyl sites for hydroxylation is 2. The first-order valence-electron chi connectivity index (χ1n) is 4.47. The first-order valence-corrected chi connectivity index (χ1v) is 4.47. The second kappa shape index (κ2) is 4.23. The molecule has 0 bridgehead atoms. The summed E-state index contributed by atoms with van der Waals surface area (Å²) >= 11 is 0. The summed E-state index contributed by atoms with van der Waals surface area (Å²) in [5.74, 6) is 1.07. The van der Waals surface area contributed by atoms with Gasteiger partial charge in [-0.2, -0.15) is 0 Å². The fourth-order valence-electron chi connectivity index (χ4n) is 0.938. The topological polar surface area (TPSA) is 81.2 Å². The zero-order valence-electron chi connectivity index (χ0n) is 8.63. The fourth-order valence-corrected chi connectivity index (χ4v) is 0.938. The number of nitrogens with two attached hydrogens (primary N) is 1. The van der Waals surface area contributed by atoms with Crippen LogP contribution in [-0.4, -0.2) is 16.9 Å². The summed E-state index contributed by atoms with van der Waals surface area (Å²) in [6.45, 7) is 5.60. The number of hydrogen-bond acceptors (Lipinski definition) is 4. The van der Waals surface area contributed by atoms with E-state index in [1.165, 1.54) is 0 Å². The van der Waals surface area contributed by atoms with Crippen molar-refractivity contribution in [3.63, 3.8) is 0 Å². The Morgan fingerprint density at radius 1 is 1.64 bits per heavy atom. The maximum atomic E-state index is 11.1. The van der Waals surface area contributed by atoms with Gasteiger partial charge in [-0.1, -0.05) is 0 Å². The van der Waals surface area contributed by atoms with Crippen molar-refractivity contribution in [1.29, 1.82) is 0 Å². The fraction of sp³-hybridized carbons (Fsp3) is 0.556. The first-order chi connectivity index (χ1) is 6.50. The Morgan fingerprint density at radius 2 is 2.29 bits per heavy atom. The highest BCUT2D eigenvalue weighted by molar-refractivity contribution is 5.80. The van der Waals surface area contributed by atoms with Gasteiger partial charge in [0.05, 0.1) is 18.3 Å². The third kappa shape index (κ3) is 2.56. The lowest BCUT2D eigenvalue weighted by atomic mass is 10.3. The molecule has 0 saturated heterocycles. The molecule has 0 saturated carbocycles. The van der Waals surface area contributed by atoms with Crippen molar-refractivity contribution in [3.05, 3.63) is 17.3 Å². The summed E-state index contributed by atoms with van der Waals surface area (Å²) in [6.07, 6.45) is 0. The van der Waals surface area contributed by atoms with Crippen molar-refractivity contribution in [1.82, 2.24) is 10.3 Å². The Morgan fingerprint density at radius 3 is 2.71 bits per heavy atom. The predicted molar refractivity (Wildman–Crippen MR) is 51.5 cm³/mol. The van der Waals surface area contributed by atoms with Gasteiger partial charge in [0.1, 0.15) is 5.76 Å². The van der Waals surface area contributed by atoms with Gasteiger partial charge in [0.2, 0.25) is 11.8 Å². The Labute approximate surface area is 82.7 Å². The van der Waals surface area contributed by atoms with E-state index in [4.69, 9.17) is 10.2 Å². The van der Waals surface area contributed by atoms with Gasteiger partial charge >= 0.3 is 0 Å². The Bertz CT molecular complexity index is 311. The lowest BCUT2D eigenvalue weighted by Gasteiger charge is -2.04. The molecule has 1 rings (SSSR count). The molecule has 0 unspecified atom stereocenters. The highest BCUT2D eigenvalue weighted by Crippen LogP contribution is 2.07. The van der Waals surface area contributed by atoms with Gasteiger partial charge in [-0.05, 0) is 20.8 Å². The molecule has 1 aromatic heterocycles. The van der Waals surface area contributed by atoms with Gasteiger partial charge in [-0.25, -0.2) is 4.98 Å². The van der Waals surface area contributed by atoms with Crippen LogP contribution in [0.4, 0.5) is 0 Å². The molecule has 0 aliphatic heterocycles. The van der Waals surface area contributed by atoms with Crippen LogP contribution in [0.1, 0.15) is 24.3 Å². The molecule has 0 aromatic carbocycles. The van der Waals surface area contributed by atoms with E-state index in [1.54, 1.807) is 6.92 Å². The second-order valence-corrected chi connectivity index (χ2v) is 3.26. The maximum Gasteiger partial charge on any atom is 0.237 e. The van der Waals surface area contributed by atoms with Gasteiger partial charge in [0, 0.05) is 0 Å². The average molecular weight is 197 g/mol. The van der Waals surface area contributed by atoms with Crippen LogP contribution in [0.25, 0.3) is 0 Å². The SMILES string of the molecule is Cc1nc(CNC(=O)[C@@H](C)N)oc1C. The Balaban J connectivity index is 2.50. The van der Waals surface area contributed by atoms with E-state index in [1.807, 2.05) is 13.8 Å². The van der Waals surface area contributed by atoms with E-state index in [-0.39, 0.29) is 12.5 Å². The van der Waals surface area contributed by atoms with Crippen LogP contribution in [-0.2, 0) is 11.3 Å². The molecule has 0 fully saturated rings. The van der Waals surface area contributed by atoms with Crippen LogP contribution in [0.15, 0.2) is 4.42 Å². The average Bonchev–Trinajstić information content (AvgIpc) is 2.42. The van der Waals surface area contributed by atoms with Gasteiger partial charge in [0.15, 0.2) is 0 Å². The molecule has 0 aliphatic carbocycles. The molecule has 3 N–H and O–H groups in total. The zero-order chi connectivity index (χ0) is 10.7. The van der Waals surface area contributed by atoms with Crippen LogP contribution in [0, 0.1) is 13.8 Å². The highest BCUT2D eigenvalue weighted by atomic mass is 16.4. The standard InChI is InChI=1S/C9H15N3O2/c1-5(10)9(13)11-4-8-12-6(2)7(3)14-8/h5H,4,10H2,1-3H3,(H,11,13)/t5-/m1/s1. The van der Waals surface area contributed by atoms with E-state index >= 15 is 0 Å². The summed E-state index contributed by atoms with van der Waals surface area (Å²) < 4.78 is 5.28. The summed E-state index contributed by atoms with van der Waals surface area (Å²) in [7, 11) is 0. The molecular formula is C9H15N3O2. The lowest BCUT2D eigenvalue weighted by Crippen LogP contribution is -2.37. The largest absolute Gasteiger partial charge is 0.444 e. The minimum Gasteiger partial charge on any atom is -0.444 e. The molecule has 14 heavy (non-hydrogen) atoms. The number of amides is 1. The number of hydrogen-bond donors (Lipinski definition) is 2. The number of aromatic nitrogens is 1. The zero-order valence-corrected chi connectivity index (χ0v) is 8.63. The van der Waals surface area contributed by atoms with Crippen LogP contribution >= 0.6 is 0 Å². The minimum absolute atomic E-state index is 0.210. The van der Waals surface area contributed by atoms with Gasteiger partial charge < -0.3 is 15.5 Å². The minimum atomic E-state index is -0.507. The molecule has 1 heterocycles. The first kappa shape index (κ1) is 10.7. The van der Waals surface area contributed by atoms with E-state index in [9.17, 15) is 4.79 Å². The van der Waals surface area contributed by atoms with E-state index in [0.29, 0.717) is 5.89 Å². The van der Waals surface area contributed by atoms with Crippen molar-refractivity contribution in [2.75, 3.05) is 0 Å². The summed E-state index contributed by atoms with van der Waals surface area (Å²) in [5, 5.41) is 2.62. The smallest absolute Gasteiger partial charge is 0.237 e. The number of nitrogens with one attached hydrogen (secondary N) is 1. The molecule has 0 radical (unpaired) electrons. The predicted octanol–water partition coefficient (Wildman–Crippen LogP) is 0.255. The third-order valence-corrected chi connectivity index (χ3v) is 1.90. The van der Waals surface area contributed by atoms with Crippen molar-refractivity contribution >= 4 is 5.91 Å². The van der Waals surface area contributed by atoms with E-state index in [0.717, 1.165) is 11.5 Å². The molecule has 0 aliphatic rings. The van der Waals surface area contributed by atoms with Crippen LogP contribution < -0.4 is 11.1 Å². The Kier molecular flexibility index (Phi) is 3.24. The monoisotopic (exact) mass is 197 g/mol. The normalized spacial score (nSPS) is 12.6. The van der Waals surface area contributed by atoms with E-state index < -0.39 is 6.04 Å². The number of rotatable bonds is 3. The molecule has 5 nitrogen and oxygen atoms in total. The number of oxazole rings is 1. The van der Waals surface area contributed by atoms with Crippen molar-refractivity contribution < 1.29 is 9.21 Å². The number of nitrogens with zero attached hydrogens (tertiary/aromatic N) is 1. The summed E-state index contributed by atoms with van der Waals surface area (Å²) in [6, 6.07) is -0.507. The second-order valence-electron chi connectivity index (χ2n) is 3.26. The van der Waals surface area contributed by atoms with Gasteiger partial charge in [-0.3, -0.25) is 4.79 Å². The molecule has 78 valence electrons. The van der Waals surface area contributed by atoms with Crippen LogP contribution in [0.2, 0.25) is 0 Å². The van der Waals surface area contributed by atoms with Crippen LogP contribution in [0.5, 0.6) is 0 Å². The lowest BCUT2D eigenvalue weighted by molar-refractivity contribution is -0.122. The summed E-state index contributed by atoms with van der Waals surface area (Å²) in [4.78, 5) is 15.2. The van der Waals surface area contributed by atoms with Crippen molar-refractivity contribution in [2.24, 2.45) is 5.73 Å². The van der Waals surface area contributed by atoms with Crippen molar-refractivity contribution in [2.45, 2.75) is 33.4 Å². The molecule has 5 heteroatoms. The van der Waals surface area contributed by atoms with Gasteiger partial charge in [0.25, 0.3) is 0 Å². The summed E-state index contributed by atoms with van der Waals surface area (Å²) in [5.41, 5.74) is 6.21. The molecule has 1 aromatic rings. The maximum absolute atomic E-state index is 11.1. The van der Waals surface area contributed by atoms with Gasteiger partial charge in [-0.15, -0.1) is 0 Å². The molecular weight excluding hydrogens is 182 g/mol. The van der Waals surface area contributed by atoms with Crippen molar-refractivity contribution in [3.8, 4) is 0 Å². The molecule has 0 spiro atoms. The van der Waals surface area contributed by atoms with E-state index in [2.05, 4.69) is 10.3 Å². The quantitative estimate of drug-likeness (QED) is 0.728. The Hall–Kier alpha value is -1.36. The number of carbonyl (C=O) groups is 1. The third-order valence-electron chi connectivity index (χ3n) is 1.90.